The average Bonchev–Trinajstić information content (AvgIpc) is 2.39. The number of benzene rings is 2. The van der Waals surface area contributed by atoms with Gasteiger partial charge in [-0.25, -0.2) is 0 Å². The number of halogens is 3. The topological polar surface area (TPSA) is 35.2 Å². The quantitative estimate of drug-likeness (QED) is 0.913. The summed E-state index contributed by atoms with van der Waals surface area (Å²) in [4.78, 5) is 0. The van der Waals surface area contributed by atoms with Crippen molar-refractivity contribution in [1.82, 2.24) is 0 Å². The van der Waals surface area contributed by atoms with Crippen molar-refractivity contribution in [3.05, 3.63) is 59.7 Å². The first-order valence-electron chi connectivity index (χ1n) is 5.63. The van der Waals surface area contributed by atoms with Crippen LogP contribution < -0.4 is 10.5 Å². The van der Waals surface area contributed by atoms with Crippen LogP contribution in [0.15, 0.2) is 48.5 Å². The Kier molecular flexibility index (Phi) is 3.76. The van der Waals surface area contributed by atoms with Crippen molar-refractivity contribution in [2.45, 2.75) is 12.7 Å². The number of rotatable bonds is 3. The smallest absolute Gasteiger partial charge is 0.416 e. The first kappa shape index (κ1) is 13.4. The van der Waals surface area contributed by atoms with Crippen molar-refractivity contribution in [1.29, 1.82) is 0 Å². The molecule has 0 aliphatic heterocycles. The molecule has 0 radical (unpaired) electrons. The Morgan fingerprint density at radius 2 is 1.63 bits per heavy atom. The van der Waals surface area contributed by atoms with Gasteiger partial charge in [0, 0.05) is 6.54 Å². The third-order valence-corrected chi connectivity index (χ3v) is 2.56. The SMILES string of the molecule is NCc1ccc(Oc2cccc(C(F)(F)F)c2)cc1. The highest BCUT2D eigenvalue weighted by Crippen LogP contribution is 2.32. The van der Waals surface area contributed by atoms with E-state index in [1.165, 1.54) is 12.1 Å². The number of ether oxygens (including phenoxy) is 1. The molecular formula is C14H12F3NO. The molecule has 0 unspecified atom stereocenters. The van der Waals surface area contributed by atoms with E-state index in [0.29, 0.717) is 12.3 Å². The van der Waals surface area contributed by atoms with Crippen molar-refractivity contribution in [3.8, 4) is 11.5 Å². The maximum atomic E-state index is 12.5. The lowest BCUT2D eigenvalue weighted by Gasteiger charge is -2.10. The fraction of sp³-hybridized carbons (Fsp3) is 0.143. The lowest BCUT2D eigenvalue weighted by Crippen LogP contribution is -2.04. The summed E-state index contributed by atoms with van der Waals surface area (Å²) in [6, 6.07) is 11.6. The molecule has 0 saturated carbocycles. The molecular weight excluding hydrogens is 255 g/mol. The van der Waals surface area contributed by atoms with E-state index in [4.69, 9.17) is 10.5 Å². The summed E-state index contributed by atoms with van der Waals surface area (Å²) in [5.41, 5.74) is 5.65. The molecule has 0 aromatic heterocycles. The van der Waals surface area contributed by atoms with E-state index in [-0.39, 0.29) is 5.75 Å². The second kappa shape index (κ2) is 5.32. The van der Waals surface area contributed by atoms with Crippen molar-refractivity contribution in [3.63, 3.8) is 0 Å². The van der Waals surface area contributed by atoms with Crippen LogP contribution in [0.2, 0.25) is 0 Å². The number of alkyl halides is 3. The molecule has 5 heteroatoms. The summed E-state index contributed by atoms with van der Waals surface area (Å²) < 4.78 is 43.0. The van der Waals surface area contributed by atoms with Gasteiger partial charge in [-0.05, 0) is 35.9 Å². The number of nitrogens with two attached hydrogens (primary N) is 1. The van der Waals surface area contributed by atoms with Crippen LogP contribution in [0.5, 0.6) is 11.5 Å². The molecule has 2 aromatic carbocycles. The van der Waals surface area contributed by atoms with Gasteiger partial charge in [-0.3, -0.25) is 0 Å². The van der Waals surface area contributed by atoms with E-state index < -0.39 is 11.7 Å². The summed E-state index contributed by atoms with van der Waals surface area (Å²) in [5, 5.41) is 0. The van der Waals surface area contributed by atoms with E-state index in [1.54, 1.807) is 24.3 Å². The van der Waals surface area contributed by atoms with Gasteiger partial charge < -0.3 is 10.5 Å². The van der Waals surface area contributed by atoms with Crippen molar-refractivity contribution >= 4 is 0 Å². The molecule has 2 N–H and O–H groups in total. The molecule has 0 aliphatic carbocycles. The number of hydrogen-bond donors (Lipinski definition) is 1. The van der Waals surface area contributed by atoms with Crippen LogP contribution >= 0.6 is 0 Å². The van der Waals surface area contributed by atoms with Gasteiger partial charge in [0.25, 0.3) is 0 Å². The average molecular weight is 267 g/mol. The zero-order chi connectivity index (χ0) is 13.9. The van der Waals surface area contributed by atoms with E-state index in [1.807, 2.05) is 0 Å². The lowest BCUT2D eigenvalue weighted by molar-refractivity contribution is -0.137. The van der Waals surface area contributed by atoms with Gasteiger partial charge in [0.15, 0.2) is 0 Å². The Hall–Kier alpha value is -2.01. The summed E-state index contributed by atoms with van der Waals surface area (Å²) in [6.07, 6.45) is -4.37. The Balaban J connectivity index is 2.18. The van der Waals surface area contributed by atoms with Gasteiger partial charge in [-0.1, -0.05) is 18.2 Å². The molecule has 0 aliphatic rings. The minimum absolute atomic E-state index is 0.148. The molecule has 0 fully saturated rings. The van der Waals surface area contributed by atoms with E-state index >= 15 is 0 Å². The molecule has 0 heterocycles. The third kappa shape index (κ3) is 3.48. The molecule has 19 heavy (non-hydrogen) atoms. The van der Waals surface area contributed by atoms with Crippen LogP contribution in [0.4, 0.5) is 13.2 Å². The van der Waals surface area contributed by atoms with Crippen LogP contribution in [0.25, 0.3) is 0 Å². The normalized spacial score (nSPS) is 11.4. The Labute approximate surface area is 108 Å². The largest absolute Gasteiger partial charge is 0.457 e. The summed E-state index contributed by atoms with van der Waals surface area (Å²) in [6.45, 7) is 0.407. The monoisotopic (exact) mass is 267 g/mol. The Morgan fingerprint density at radius 3 is 2.21 bits per heavy atom. The molecule has 2 aromatic rings. The fourth-order valence-corrected chi connectivity index (χ4v) is 1.57. The van der Waals surface area contributed by atoms with Crippen LogP contribution in [0.1, 0.15) is 11.1 Å². The van der Waals surface area contributed by atoms with Gasteiger partial charge in [0.05, 0.1) is 5.56 Å². The predicted octanol–water partition coefficient (Wildman–Crippen LogP) is 3.96. The Bertz CT molecular complexity index is 549. The van der Waals surface area contributed by atoms with Gasteiger partial charge in [-0.2, -0.15) is 13.2 Å². The van der Waals surface area contributed by atoms with Gasteiger partial charge in [0.2, 0.25) is 0 Å². The minimum Gasteiger partial charge on any atom is -0.457 e. The predicted molar refractivity (Wildman–Crippen MR) is 65.9 cm³/mol. The first-order valence-corrected chi connectivity index (χ1v) is 5.63. The highest BCUT2D eigenvalue weighted by atomic mass is 19.4. The van der Waals surface area contributed by atoms with Crippen molar-refractivity contribution in [2.24, 2.45) is 5.73 Å². The summed E-state index contributed by atoms with van der Waals surface area (Å²) in [5.74, 6) is 0.617. The first-order chi connectivity index (χ1) is 8.99. The standard InChI is InChI=1S/C14H12F3NO/c15-14(16,17)11-2-1-3-13(8-11)19-12-6-4-10(9-18)5-7-12/h1-8H,9,18H2. The van der Waals surface area contributed by atoms with E-state index in [0.717, 1.165) is 17.7 Å². The second-order valence-corrected chi connectivity index (χ2v) is 3.98. The van der Waals surface area contributed by atoms with Crippen molar-refractivity contribution < 1.29 is 17.9 Å². The maximum absolute atomic E-state index is 12.5. The third-order valence-electron chi connectivity index (χ3n) is 2.56. The zero-order valence-electron chi connectivity index (χ0n) is 9.95. The molecule has 0 atom stereocenters. The van der Waals surface area contributed by atoms with E-state index in [9.17, 15) is 13.2 Å². The van der Waals surface area contributed by atoms with E-state index in [2.05, 4.69) is 0 Å². The summed E-state index contributed by atoms with van der Waals surface area (Å²) in [7, 11) is 0. The lowest BCUT2D eigenvalue weighted by atomic mass is 10.2. The highest BCUT2D eigenvalue weighted by Gasteiger charge is 2.30. The van der Waals surface area contributed by atoms with Crippen LogP contribution in [-0.2, 0) is 12.7 Å². The molecule has 100 valence electrons. The van der Waals surface area contributed by atoms with Gasteiger partial charge in [-0.15, -0.1) is 0 Å². The molecule has 0 amide bonds. The molecule has 0 saturated heterocycles. The maximum Gasteiger partial charge on any atom is 0.416 e. The molecule has 2 rings (SSSR count). The number of hydrogen-bond acceptors (Lipinski definition) is 2. The minimum atomic E-state index is -4.37. The molecule has 0 spiro atoms. The fourth-order valence-electron chi connectivity index (χ4n) is 1.57. The van der Waals surface area contributed by atoms with Gasteiger partial charge in [0.1, 0.15) is 11.5 Å². The molecule has 0 bridgehead atoms. The van der Waals surface area contributed by atoms with Crippen LogP contribution in [-0.4, -0.2) is 0 Å². The summed E-state index contributed by atoms with van der Waals surface area (Å²) >= 11 is 0. The van der Waals surface area contributed by atoms with Crippen LogP contribution in [0.3, 0.4) is 0 Å². The Morgan fingerprint density at radius 1 is 0.947 bits per heavy atom. The second-order valence-electron chi connectivity index (χ2n) is 3.98. The van der Waals surface area contributed by atoms with Crippen molar-refractivity contribution in [2.75, 3.05) is 0 Å². The van der Waals surface area contributed by atoms with Crippen LogP contribution in [0, 0.1) is 0 Å². The zero-order valence-corrected chi connectivity index (χ0v) is 9.95. The highest BCUT2D eigenvalue weighted by molar-refractivity contribution is 5.36. The van der Waals surface area contributed by atoms with Gasteiger partial charge >= 0.3 is 6.18 Å². The molecule has 2 nitrogen and oxygen atoms in total.